The van der Waals surface area contributed by atoms with Crippen molar-refractivity contribution in [2.24, 2.45) is 0 Å². The Morgan fingerprint density at radius 3 is 2.42 bits per heavy atom. The van der Waals surface area contributed by atoms with Gasteiger partial charge in [-0.2, -0.15) is 0 Å². The fraction of sp³-hybridized carbons (Fsp3) is 0.500. The summed E-state index contributed by atoms with van der Waals surface area (Å²) in [5.74, 6) is 1.61. The van der Waals surface area contributed by atoms with E-state index in [1.807, 2.05) is 58.9 Å². The van der Waals surface area contributed by atoms with E-state index in [2.05, 4.69) is 23.8 Å². The van der Waals surface area contributed by atoms with Crippen LogP contribution in [0, 0.1) is 0 Å². The molecule has 0 spiro atoms. The molecule has 0 aliphatic carbocycles. The highest BCUT2D eigenvalue weighted by atomic mass is 35.5. The number of hydrogen-bond acceptors (Lipinski definition) is 3. The molecule has 2 N–H and O–H groups in total. The number of nitrogens with one attached hydrogen (secondary N) is 1. The van der Waals surface area contributed by atoms with Gasteiger partial charge in [-0.3, -0.25) is 0 Å². The van der Waals surface area contributed by atoms with Crippen molar-refractivity contribution < 1.29 is 9.84 Å². The van der Waals surface area contributed by atoms with Crippen molar-refractivity contribution in [3.63, 3.8) is 0 Å². The first-order valence-electron chi connectivity index (χ1n) is 8.75. The largest absolute Gasteiger partial charge is 0.507 e. The summed E-state index contributed by atoms with van der Waals surface area (Å²) in [7, 11) is 0. The summed E-state index contributed by atoms with van der Waals surface area (Å²) in [5.41, 5.74) is 2.28. The minimum Gasteiger partial charge on any atom is -0.507 e. The number of phenols is 1. The normalized spacial score (nSPS) is 13.9. The molecule has 3 nitrogen and oxygen atoms in total. The van der Waals surface area contributed by atoms with E-state index < -0.39 is 0 Å². The second-order valence-electron chi connectivity index (χ2n) is 4.75. The van der Waals surface area contributed by atoms with Crippen molar-refractivity contribution >= 4 is 28.1 Å². The average Bonchev–Trinajstić information content (AvgIpc) is 3.01. The van der Waals surface area contributed by atoms with Crippen molar-refractivity contribution in [1.82, 2.24) is 0 Å². The molecule has 24 heavy (non-hydrogen) atoms. The van der Waals surface area contributed by atoms with E-state index in [1.54, 1.807) is 0 Å². The van der Waals surface area contributed by atoms with Crippen molar-refractivity contribution in [3.8, 4) is 11.5 Å². The van der Waals surface area contributed by atoms with Crippen molar-refractivity contribution in [2.75, 3.05) is 24.9 Å². The quantitative estimate of drug-likeness (QED) is 0.615. The molecule has 0 amide bonds. The Kier molecular flexibility index (Phi) is 11.1. The third kappa shape index (κ3) is 4.70. The molecule has 1 aliphatic rings. The minimum atomic E-state index is 0.312. The maximum Gasteiger partial charge on any atom is 0.127 e. The monoisotopic (exact) mass is 353 g/mol. The van der Waals surface area contributed by atoms with Gasteiger partial charge in [0.25, 0.3) is 0 Å². The highest BCUT2D eigenvalue weighted by Crippen LogP contribution is 2.45. The molecule has 0 fully saturated rings. The van der Waals surface area contributed by atoms with E-state index in [4.69, 9.17) is 4.74 Å². The molecule has 0 radical (unpaired) electrons. The van der Waals surface area contributed by atoms with Crippen LogP contribution in [0.5, 0.6) is 11.5 Å². The highest BCUT2D eigenvalue weighted by molar-refractivity contribution is 6.15. The molecule has 0 bridgehead atoms. The first-order valence-corrected chi connectivity index (χ1v) is 9.51. The van der Waals surface area contributed by atoms with Crippen LogP contribution in [0.25, 0.3) is 10.8 Å². The van der Waals surface area contributed by atoms with Crippen LogP contribution in [-0.4, -0.2) is 24.6 Å². The molecule has 1 unspecified atom stereocenters. The van der Waals surface area contributed by atoms with Crippen LogP contribution in [0.3, 0.4) is 0 Å². The fourth-order valence-corrected chi connectivity index (χ4v) is 2.75. The van der Waals surface area contributed by atoms with Crippen molar-refractivity contribution in [2.45, 2.75) is 47.5 Å². The van der Waals surface area contributed by atoms with Crippen LogP contribution in [0.4, 0.5) is 5.69 Å². The van der Waals surface area contributed by atoms with Gasteiger partial charge in [-0.25, -0.2) is 0 Å². The highest BCUT2D eigenvalue weighted by Gasteiger charge is 2.24. The number of aromatic hydroxyl groups is 1. The molecule has 2 aromatic carbocycles. The number of ether oxygens (including phenoxy) is 1. The molecule has 0 saturated carbocycles. The fourth-order valence-electron chi connectivity index (χ4n) is 2.75. The first kappa shape index (κ1) is 22.4. The number of halogens is 1. The zero-order valence-corrected chi connectivity index (χ0v) is 16.8. The predicted octanol–water partition coefficient (Wildman–Crippen LogP) is 6.38. The summed E-state index contributed by atoms with van der Waals surface area (Å²) in [6.07, 6.45) is 1.47. The van der Waals surface area contributed by atoms with Gasteiger partial charge in [0.15, 0.2) is 0 Å². The topological polar surface area (TPSA) is 41.5 Å². The third-order valence-electron chi connectivity index (χ3n) is 3.53. The Bertz CT molecular complexity index is 614. The van der Waals surface area contributed by atoms with E-state index in [-0.39, 0.29) is 0 Å². The maximum absolute atomic E-state index is 10.1. The lowest BCUT2D eigenvalue weighted by Crippen LogP contribution is -1.97. The Morgan fingerprint density at radius 2 is 1.83 bits per heavy atom. The molecule has 4 heteroatoms. The van der Waals surface area contributed by atoms with E-state index in [0.717, 1.165) is 28.8 Å². The van der Waals surface area contributed by atoms with Gasteiger partial charge in [0.05, 0.1) is 6.61 Å². The van der Waals surface area contributed by atoms with E-state index in [1.165, 1.54) is 11.9 Å². The standard InChI is InChI=1S/C15H17NO2.2C2H6.CH3Cl/c1-3-18-13-6-4-5-10-12(17)7-11-14(15(10)13)9(2)8-16-11;3*1-2/h4-7,9,16-17H,3,8H2,1-2H3;2*1-2H3;1H3. The van der Waals surface area contributed by atoms with Gasteiger partial charge >= 0.3 is 0 Å². The number of benzene rings is 2. The maximum atomic E-state index is 10.1. The molecule has 1 heterocycles. The number of hydrogen-bond donors (Lipinski definition) is 2. The number of anilines is 1. The number of fused-ring (bicyclic) bond motifs is 3. The Hall–Kier alpha value is -1.61. The summed E-state index contributed by atoms with van der Waals surface area (Å²) >= 11 is 4.64. The van der Waals surface area contributed by atoms with E-state index >= 15 is 0 Å². The first-order chi connectivity index (χ1) is 11.7. The summed E-state index contributed by atoms with van der Waals surface area (Å²) in [5, 5.41) is 15.4. The molecule has 0 saturated heterocycles. The summed E-state index contributed by atoms with van der Waals surface area (Å²) < 4.78 is 5.71. The second-order valence-corrected chi connectivity index (χ2v) is 4.75. The molecule has 0 aromatic heterocycles. The van der Waals surface area contributed by atoms with Gasteiger partial charge in [-0.05, 0) is 18.6 Å². The van der Waals surface area contributed by atoms with Gasteiger partial charge in [-0.15, -0.1) is 11.6 Å². The smallest absolute Gasteiger partial charge is 0.127 e. The van der Waals surface area contributed by atoms with Crippen LogP contribution in [0.2, 0.25) is 0 Å². The summed E-state index contributed by atoms with van der Waals surface area (Å²) in [6, 6.07) is 7.65. The van der Waals surface area contributed by atoms with Crippen LogP contribution in [0.1, 0.15) is 53.0 Å². The van der Waals surface area contributed by atoms with Crippen LogP contribution < -0.4 is 10.1 Å². The summed E-state index contributed by atoms with van der Waals surface area (Å²) in [6.45, 7) is 13.7. The average molecular weight is 354 g/mol. The number of phenolic OH excluding ortho intramolecular Hbond substituents is 1. The zero-order chi connectivity index (χ0) is 18.7. The molecule has 1 atom stereocenters. The third-order valence-corrected chi connectivity index (χ3v) is 3.53. The lowest BCUT2D eigenvalue weighted by atomic mass is 9.95. The van der Waals surface area contributed by atoms with E-state index in [0.29, 0.717) is 18.3 Å². The van der Waals surface area contributed by atoms with Crippen molar-refractivity contribution in [1.29, 1.82) is 0 Å². The Labute approximate surface area is 152 Å². The summed E-state index contributed by atoms with van der Waals surface area (Å²) in [4.78, 5) is 0. The van der Waals surface area contributed by atoms with Gasteiger partial charge in [0, 0.05) is 41.4 Å². The lowest BCUT2D eigenvalue weighted by molar-refractivity contribution is 0.344. The number of alkyl halides is 1. The lowest BCUT2D eigenvalue weighted by Gasteiger charge is -2.14. The molecule has 3 rings (SSSR count). The van der Waals surface area contributed by atoms with Crippen LogP contribution >= 0.6 is 11.6 Å². The van der Waals surface area contributed by atoms with E-state index in [9.17, 15) is 5.11 Å². The van der Waals surface area contributed by atoms with Crippen LogP contribution in [-0.2, 0) is 0 Å². The number of rotatable bonds is 2. The van der Waals surface area contributed by atoms with Gasteiger partial charge in [0.2, 0.25) is 0 Å². The zero-order valence-electron chi connectivity index (χ0n) is 16.0. The SMILES string of the molecule is CC.CC.CCOc1cccc2c(O)cc3c(c12)C(C)CN3.CCl. The molecular formula is C20H32ClNO2. The predicted molar refractivity (Wildman–Crippen MR) is 108 cm³/mol. The van der Waals surface area contributed by atoms with Crippen molar-refractivity contribution in [3.05, 3.63) is 29.8 Å². The van der Waals surface area contributed by atoms with Gasteiger partial charge in [-0.1, -0.05) is 46.8 Å². The molecule has 1 aliphatic heterocycles. The minimum absolute atomic E-state index is 0.312. The molecule has 136 valence electrons. The van der Waals surface area contributed by atoms with Crippen LogP contribution in [0.15, 0.2) is 24.3 Å². The second kappa shape index (κ2) is 11.9. The Balaban J connectivity index is 0.000000798. The van der Waals surface area contributed by atoms with Gasteiger partial charge < -0.3 is 15.2 Å². The molecular weight excluding hydrogens is 322 g/mol. The molecule has 2 aromatic rings. The van der Waals surface area contributed by atoms with Gasteiger partial charge in [0.1, 0.15) is 11.5 Å². The Morgan fingerprint density at radius 1 is 1.21 bits per heavy atom.